The summed E-state index contributed by atoms with van der Waals surface area (Å²) < 4.78 is 16.8. The molecule has 0 heterocycles. The van der Waals surface area contributed by atoms with E-state index in [1.54, 1.807) is 0 Å². The van der Waals surface area contributed by atoms with Gasteiger partial charge in [-0.05, 0) is 122 Å². The van der Waals surface area contributed by atoms with E-state index < -0.39 is 6.10 Å². The molecule has 0 fully saturated rings. The fourth-order valence-corrected chi connectivity index (χ4v) is 7.54. The second-order valence-electron chi connectivity index (χ2n) is 18.4. The molecule has 0 aromatic carbocycles. The lowest BCUT2D eigenvalue weighted by Crippen LogP contribution is -2.30. The molecular formula is C63H104O6. The predicted octanol–water partition coefficient (Wildman–Crippen LogP) is 19.1. The third-order valence-corrected chi connectivity index (χ3v) is 11.7. The van der Waals surface area contributed by atoms with Crippen molar-refractivity contribution in [1.29, 1.82) is 0 Å². The lowest BCUT2D eigenvalue weighted by molar-refractivity contribution is -0.167. The van der Waals surface area contributed by atoms with Crippen LogP contribution in [0.25, 0.3) is 0 Å². The van der Waals surface area contributed by atoms with E-state index in [4.69, 9.17) is 14.2 Å². The molecule has 0 amide bonds. The van der Waals surface area contributed by atoms with Crippen LogP contribution in [0.2, 0.25) is 0 Å². The minimum Gasteiger partial charge on any atom is -0.462 e. The van der Waals surface area contributed by atoms with Gasteiger partial charge in [0.15, 0.2) is 6.10 Å². The smallest absolute Gasteiger partial charge is 0.306 e. The third kappa shape index (κ3) is 54.9. The second kappa shape index (κ2) is 56.7. The van der Waals surface area contributed by atoms with Crippen LogP contribution in [0.1, 0.15) is 252 Å². The lowest BCUT2D eigenvalue weighted by atomic mass is 10.1. The average Bonchev–Trinajstić information content (AvgIpc) is 3.35. The van der Waals surface area contributed by atoms with Crippen LogP contribution in [0.3, 0.4) is 0 Å². The van der Waals surface area contributed by atoms with Crippen molar-refractivity contribution in [3.8, 4) is 0 Å². The summed E-state index contributed by atoms with van der Waals surface area (Å²) in [5.74, 6) is -0.969. The van der Waals surface area contributed by atoms with Crippen LogP contribution in [0.4, 0.5) is 0 Å². The molecule has 6 heteroatoms. The molecule has 392 valence electrons. The van der Waals surface area contributed by atoms with Crippen LogP contribution in [0, 0.1) is 0 Å². The highest BCUT2D eigenvalue weighted by Crippen LogP contribution is 2.14. The molecule has 0 rings (SSSR count). The number of hydrogen-bond acceptors (Lipinski definition) is 6. The Morgan fingerprint density at radius 2 is 0.565 bits per heavy atom. The van der Waals surface area contributed by atoms with E-state index in [1.165, 1.54) is 89.9 Å². The fraction of sp³-hybridized carbons (Fsp3) is 0.667. The maximum absolute atomic E-state index is 12.8. The predicted molar refractivity (Wildman–Crippen MR) is 297 cm³/mol. The van der Waals surface area contributed by atoms with Crippen molar-refractivity contribution < 1.29 is 28.6 Å². The Labute approximate surface area is 425 Å². The minimum atomic E-state index is -0.809. The van der Waals surface area contributed by atoms with Crippen molar-refractivity contribution in [2.75, 3.05) is 13.2 Å². The Kier molecular flexibility index (Phi) is 53.4. The molecule has 0 aromatic rings. The Morgan fingerprint density at radius 3 is 0.899 bits per heavy atom. The van der Waals surface area contributed by atoms with Gasteiger partial charge < -0.3 is 14.2 Å². The van der Waals surface area contributed by atoms with E-state index >= 15 is 0 Å². The van der Waals surface area contributed by atoms with Crippen LogP contribution in [0.5, 0.6) is 0 Å². The van der Waals surface area contributed by atoms with Gasteiger partial charge in [0.25, 0.3) is 0 Å². The van der Waals surface area contributed by atoms with Gasteiger partial charge in [0.2, 0.25) is 0 Å². The largest absolute Gasteiger partial charge is 0.462 e. The highest BCUT2D eigenvalue weighted by molar-refractivity contribution is 5.71. The van der Waals surface area contributed by atoms with Gasteiger partial charge in [0.1, 0.15) is 13.2 Å². The summed E-state index contributed by atoms with van der Waals surface area (Å²) in [4.78, 5) is 38.1. The van der Waals surface area contributed by atoms with Crippen LogP contribution in [-0.2, 0) is 28.6 Å². The zero-order valence-electron chi connectivity index (χ0n) is 44.8. The van der Waals surface area contributed by atoms with Crippen molar-refractivity contribution >= 4 is 17.9 Å². The number of hydrogen-bond donors (Lipinski definition) is 0. The molecule has 69 heavy (non-hydrogen) atoms. The quantitative estimate of drug-likeness (QED) is 0.0262. The monoisotopic (exact) mass is 957 g/mol. The van der Waals surface area contributed by atoms with Crippen LogP contribution < -0.4 is 0 Å². The summed E-state index contributed by atoms with van der Waals surface area (Å²) in [6, 6.07) is 0. The molecule has 0 N–H and O–H groups in total. The van der Waals surface area contributed by atoms with Gasteiger partial charge >= 0.3 is 17.9 Å². The number of ether oxygens (including phenoxy) is 3. The molecule has 0 aliphatic heterocycles. The molecule has 0 aliphatic carbocycles. The highest BCUT2D eigenvalue weighted by Gasteiger charge is 2.19. The van der Waals surface area contributed by atoms with Crippen molar-refractivity contribution in [1.82, 2.24) is 0 Å². The number of unbranched alkanes of at least 4 members (excludes halogenated alkanes) is 21. The summed E-state index contributed by atoms with van der Waals surface area (Å²) in [5.41, 5.74) is 0. The molecule has 0 saturated heterocycles. The standard InChI is InChI=1S/C63H104O6/c1-4-7-10-13-16-19-22-25-26-27-28-29-30-31-32-33-34-35-36-39-41-44-47-50-53-56-62(65)68-59-60(69-63(66)57-54-51-48-45-42-38-24-21-18-15-12-9-6-3)58-67-61(64)55-52-49-46-43-40-37-23-20-17-14-11-8-5-2/h8-9,11-12,17-18,20-22,25,27-28,30-31,37-38,40,42,60H,4-7,10,13-16,19,23-24,26,29,32-36,39,41,43-59H2,1-3H3/b11-8-,12-9-,20-17-,21-18-,25-22-,28-27-,31-30-,40-37-,42-38-. The Balaban J connectivity index is 4.34. The van der Waals surface area contributed by atoms with Gasteiger partial charge in [0.05, 0.1) is 0 Å². The number of rotatable bonds is 50. The molecule has 0 spiro atoms. The molecule has 0 aromatic heterocycles. The summed E-state index contributed by atoms with van der Waals surface area (Å²) >= 11 is 0. The first kappa shape index (κ1) is 65.1. The molecule has 0 bridgehead atoms. The Hall–Kier alpha value is -3.93. The zero-order valence-corrected chi connectivity index (χ0v) is 44.8. The van der Waals surface area contributed by atoms with Crippen LogP contribution >= 0.6 is 0 Å². The van der Waals surface area contributed by atoms with E-state index in [-0.39, 0.29) is 37.5 Å². The maximum atomic E-state index is 12.8. The van der Waals surface area contributed by atoms with E-state index in [9.17, 15) is 14.4 Å². The van der Waals surface area contributed by atoms with Crippen molar-refractivity contribution in [2.45, 2.75) is 258 Å². The molecule has 1 unspecified atom stereocenters. The summed E-state index contributed by atoms with van der Waals surface area (Å²) in [5, 5.41) is 0. The number of carbonyl (C=O) groups excluding carboxylic acids is 3. The molecule has 0 aliphatic rings. The van der Waals surface area contributed by atoms with Crippen LogP contribution in [0.15, 0.2) is 109 Å². The third-order valence-electron chi connectivity index (χ3n) is 11.7. The topological polar surface area (TPSA) is 78.9 Å². The molecular weight excluding hydrogens is 853 g/mol. The Bertz CT molecular complexity index is 1420. The minimum absolute atomic E-state index is 0.103. The number of carbonyl (C=O) groups is 3. The molecule has 0 radical (unpaired) electrons. The van der Waals surface area contributed by atoms with E-state index in [0.717, 1.165) is 122 Å². The van der Waals surface area contributed by atoms with Gasteiger partial charge in [-0.25, -0.2) is 0 Å². The van der Waals surface area contributed by atoms with Gasteiger partial charge in [-0.15, -0.1) is 0 Å². The fourth-order valence-electron chi connectivity index (χ4n) is 7.54. The average molecular weight is 958 g/mol. The van der Waals surface area contributed by atoms with E-state index in [2.05, 4.69) is 130 Å². The zero-order chi connectivity index (χ0) is 50.0. The summed E-state index contributed by atoms with van der Waals surface area (Å²) in [7, 11) is 0. The van der Waals surface area contributed by atoms with Crippen molar-refractivity contribution in [2.24, 2.45) is 0 Å². The molecule has 0 saturated carbocycles. The Morgan fingerprint density at radius 1 is 0.304 bits per heavy atom. The van der Waals surface area contributed by atoms with E-state index in [0.29, 0.717) is 12.8 Å². The first-order chi connectivity index (χ1) is 34.0. The normalized spacial score (nSPS) is 12.9. The van der Waals surface area contributed by atoms with Gasteiger partial charge in [-0.2, -0.15) is 0 Å². The molecule has 1 atom stereocenters. The summed E-state index contributed by atoms with van der Waals surface area (Å²) in [6.45, 7) is 6.34. The van der Waals surface area contributed by atoms with Crippen molar-refractivity contribution in [3.05, 3.63) is 109 Å². The second-order valence-corrected chi connectivity index (χ2v) is 18.4. The first-order valence-electron chi connectivity index (χ1n) is 28.4. The van der Waals surface area contributed by atoms with Gasteiger partial charge in [-0.3, -0.25) is 14.4 Å². The van der Waals surface area contributed by atoms with Crippen molar-refractivity contribution in [3.63, 3.8) is 0 Å². The summed E-state index contributed by atoms with van der Waals surface area (Å²) in [6.07, 6.45) is 76.6. The SMILES string of the molecule is CC/C=C\C/C=C\C/C=C\CCCCCC(=O)OCC(COC(=O)CCCCCCCCCCCC/C=C\C/C=C\C/C=C\CCCCCCC)OC(=O)CCCCC/C=C\C/C=C\C/C=C\CC. The van der Waals surface area contributed by atoms with Gasteiger partial charge in [0, 0.05) is 19.3 Å². The van der Waals surface area contributed by atoms with Crippen LogP contribution in [-0.4, -0.2) is 37.2 Å². The van der Waals surface area contributed by atoms with E-state index in [1.807, 2.05) is 0 Å². The maximum Gasteiger partial charge on any atom is 0.306 e. The highest BCUT2D eigenvalue weighted by atomic mass is 16.6. The number of allylic oxidation sites excluding steroid dienone is 18. The number of esters is 3. The molecule has 6 nitrogen and oxygen atoms in total. The lowest BCUT2D eigenvalue weighted by Gasteiger charge is -2.18. The van der Waals surface area contributed by atoms with Gasteiger partial charge in [-0.1, -0.05) is 220 Å². The first-order valence-corrected chi connectivity index (χ1v) is 28.4.